The van der Waals surface area contributed by atoms with Crippen LogP contribution < -0.4 is 20.1 Å². The van der Waals surface area contributed by atoms with Gasteiger partial charge in [-0.3, -0.25) is 9.59 Å². The van der Waals surface area contributed by atoms with Crippen LogP contribution in [0.4, 0.5) is 11.4 Å². The maximum absolute atomic E-state index is 12.4. The van der Waals surface area contributed by atoms with Crippen molar-refractivity contribution in [3.63, 3.8) is 0 Å². The molecule has 24 heavy (non-hydrogen) atoms. The van der Waals surface area contributed by atoms with Crippen molar-refractivity contribution < 1.29 is 19.1 Å². The monoisotopic (exact) mass is 326 g/mol. The van der Waals surface area contributed by atoms with Crippen molar-refractivity contribution in [2.45, 2.75) is 0 Å². The van der Waals surface area contributed by atoms with Gasteiger partial charge in [0.15, 0.2) is 0 Å². The average molecular weight is 326 g/mol. The van der Waals surface area contributed by atoms with Crippen molar-refractivity contribution in [3.05, 3.63) is 60.7 Å². The Hall–Kier alpha value is -3.28. The van der Waals surface area contributed by atoms with Gasteiger partial charge in [0.25, 0.3) is 5.91 Å². The van der Waals surface area contributed by atoms with Crippen LogP contribution in [0.15, 0.2) is 55.1 Å². The largest absolute Gasteiger partial charge is 0.497 e. The highest BCUT2D eigenvalue weighted by atomic mass is 16.5. The Morgan fingerprint density at radius 1 is 1.04 bits per heavy atom. The first-order chi connectivity index (χ1) is 11.6. The van der Waals surface area contributed by atoms with Crippen molar-refractivity contribution >= 4 is 23.2 Å². The first kappa shape index (κ1) is 17.1. The molecular weight excluding hydrogens is 308 g/mol. The number of hydrogen-bond acceptors (Lipinski definition) is 4. The van der Waals surface area contributed by atoms with E-state index in [0.717, 1.165) is 6.08 Å². The zero-order chi connectivity index (χ0) is 17.5. The zero-order valence-electron chi connectivity index (χ0n) is 13.5. The minimum absolute atomic E-state index is 0.337. The van der Waals surface area contributed by atoms with E-state index in [4.69, 9.17) is 9.47 Å². The van der Waals surface area contributed by atoms with Crippen molar-refractivity contribution in [2.24, 2.45) is 0 Å². The maximum atomic E-state index is 12.4. The number of carbonyl (C=O) groups excluding carboxylic acids is 2. The van der Waals surface area contributed by atoms with E-state index in [1.165, 1.54) is 7.11 Å². The fourth-order valence-electron chi connectivity index (χ4n) is 2.04. The number of hydrogen-bond donors (Lipinski definition) is 2. The third-order valence-electron chi connectivity index (χ3n) is 3.23. The van der Waals surface area contributed by atoms with E-state index < -0.39 is 0 Å². The van der Waals surface area contributed by atoms with Crippen LogP contribution in [0.3, 0.4) is 0 Å². The van der Waals surface area contributed by atoms with E-state index in [-0.39, 0.29) is 11.8 Å². The molecular formula is C18H18N2O4. The Kier molecular flexibility index (Phi) is 5.57. The maximum Gasteiger partial charge on any atom is 0.255 e. The topological polar surface area (TPSA) is 76.7 Å². The minimum atomic E-state index is -0.345. The Morgan fingerprint density at radius 3 is 2.50 bits per heavy atom. The Labute approximate surface area is 140 Å². The molecule has 0 bridgehead atoms. The van der Waals surface area contributed by atoms with Crippen LogP contribution in [0.2, 0.25) is 0 Å². The standard InChI is InChI=1S/C18H18N2O4/c1-4-17(21)19-13-7-5-6-12(10-13)18(22)20-15-11-14(23-2)8-9-16(15)24-3/h4-11H,1H2,2-3H3,(H,19,21)(H,20,22). The summed E-state index contributed by atoms with van der Waals surface area (Å²) in [5.41, 5.74) is 1.38. The van der Waals surface area contributed by atoms with E-state index in [2.05, 4.69) is 17.2 Å². The molecule has 0 spiro atoms. The van der Waals surface area contributed by atoms with Gasteiger partial charge < -0.3 is 20.1 Å². The van der Waals surface area contributed by atoms with Crippen LogP contribution in [0, 0.1) is 0 Å². The Morgan fingerprint density at radius 2 is 1.83 bits per heavy atom. The normalized spacial score (nSPS) is 9.75. The lowest BCUT2D eigenvalue weighted by Gasteiger charge is -2.12. The first-order valence-corrected chi connectivity index (χ1v) is 7.14. The van der Waals surface area contributed by atoms with Gasteiger partial charge in [-0.15, -0.1) is 0 Å². The van der Waals surface area contributed by atoms with E-state index in [1.54, 1.807) is 49.6 Å². The quantitative estimate of drug-likeness (QED) is 0.800. The lowest BCUT2D eigenvalue weighted by atomic mass is 10.1. The fraction of sp³-hybridized carbons (Fsp3) is 0.111. The van der Waals surface area contributed by atoms with E-state index in [0.29, 0.717) is 28.4 Å². The van der Waals surface area contributed by atoms with E-state index in [9.17, 15) is 9.59 Å². The Bertz CT molecular complexity index is 771. The predicted molar refractivity (Wildman–Crippen MR) is 92.8 cm³/mol. The van der Waals surface area contributed by atoms with Gasteiger partial charge >= 0.3 is 0 Å². The number of nitrogens with one attached hydrogen (secondary N) is 2. The minimum Gasteiger partial charge on any atom is -0.497 e. The number of anilines is 2. The highest BCUT2D eigenvalue weighted by Crippen LogP contribution is 2.29. The second kappa shape index (κ2) is 7.82. The molecule has 0 aliphatic heterocycles. The van der Waals surface area contributed by atoms with Crippen LogP contribution in [0.1, 0.15) is 10.4 Å². The predicted octanol–water partition coefficient (Wildman–Crippen LogP) is 3.08. The van der Waals surface area contributed by atoms with Crippen LogP contribution >= 0.6 is 0 Å². The molecule has 6 nitrogen and oxygen atoms in total. The molecule has 124 valence electrons. The summed E-state index contributed by atoms with van der Waals surface area (Å²) in [6.07, 6.45) is 1.16. The number of rotatable bonds is 6. The molecule has 0 aromatic heterocycles. The fourth-order valence-corrected chi connectivity index (χ4v) is 2.04. The molecule has 2 aromatic carbocycles. The highest BCUT2D eigenvalue weighted by Gasteiger charge is 2.12. The van der Waals surface area contributed by atoms with Gasteiger partial charge in [0.05, 0.1) is 19.9 Å². The van der Waals surface area contributed by atoms with Gasteiger partial charge in [0, 0.05) is 17.3 Å². The second-order valence-corrected chi connectivity index (χ2v) is 4.79. The zero-order valence-corrected chi connectivity index (χ0v) is 13.5. The van der Waals surface area contributed by atoms with Crippen molar-refractivity contribution in [1.29, 1.82) is 0 Å². The lowest BCUT2D eigenvalue weighted by Crippen LogP contribution is -2.14. The van der Waals surface area contributed by atoms with Crippen LogP contribution in [0.5, 0.6) is 11.5 Å². The molecule has 6 heteroatoms. The first-order valence-electron chi connectivity index (χ1n) is 7.14. The number of carbonyl (C=O) groups is 2. The van der Waals surface area contributed by atoms with Gasteiger partial charge in [-0.05, 0) is 36.4 Å². The molecule has 0 heterocycles. The van der Waals surface area contributed by atoms with Crippen LogP contribution in [-0.2, 0) is 4.79 Å². The third kappa shape index (κ3) is 4.13. The molecule has 0 aliphatic rings. The van der Waals surface area contributed by atoms with Gasteiger partial charge in [-0.2, -0.15) is 0 Å². The summed E-state index contributed by atoms with van der Waals surface area (Å²) in [5, 5.41) is 5.38. The van der Waals surface area contributed by atoms with Crippen LogP contribution in [-0.4, -0.2) is 26.0 Å². The summed E-state index contributed by atoms with van der Waals surface area (Å²) in [5.74, 6) is 0.427. The van der Waals surface area contributed by atoms with Gasteiger partial charge in [0.1, 0.15) is 11.5 Å². The molecule has 2 N–H and O–H groups in total. The smallest absolute Gasteiger partial charge is 0.255 e. The number of ether oxygens (including phenoxy) is 2. The average Bonchev–Trinajstić information content (AvgIpc) is 2.61. The van der Waals surface area contributed by atoms with Crippen molar-refractivity contribution in [1.82, 2.24) is 0 Å². The van der Waals surface area contributed by atoms with E-state index >= 15 is 0 Å². The Balaban J connectivity index is 2.22. The van der Waals surface area contributed by atoms with Crippen LogP contribution in [0.25, 0.3) is 0 Å². The molecule has 2 rings (SSSR count). The van der Waals surface area contributed by atoms with Gasteiger partial charge in [-0.25, -0.2) is 0 Å². The molecule has 2 amide bonds. The number of amides is 2. The molecule has 0 unspecified atom stereocenters. The molecule has 0 radical (unpaired) electrons. The molecule has 0 saturated carbocycles. The number of benzene rings is 2. The molecule has 0 aliphatic carbocycles. The molecule has 0 fully saturated rings. The summed E-state index contributed by atoms with van der Waals surface area (Å²) in [4.78, 5) is 23.8. The SMILES string of the molecule is C=CC(=O)Nc1cccc(C(=O)Nc2cc(OC)ccc2OC)c1. The summed E-state index contributed by atoms with van der Waals surface area (Å²) in [6.45, 7) is 3.39. The molecule has 0 atom stereocenters. The molecule has 0 saturated heterocycles. The highest BCUT2D eigenvalue weighted by molar-refractivity contribution is 6.06. The lowest BCUT2D eigenvalue weighted by molar-refractivity contribution is -0.111. The summed E-state index contributed by atoms with van der Waals surface area (Å²) >= 11 is 0. The third-order valence-corrected chi connectivity index (χ3v) is 3.23. The second-order valence-electron chi connectivity index (χ2n) is 4.79. The summed E-state index contributed by atoms with van der Waals surface area (Å²) in [7, 11) is 3.06. The van der Waals surface area contributed by atoms with Gasteiger partial charge in [-0.1, -0.05) is 12.6 Å². The summed E-state index contributed by atoms with van der Waals surface area (Å²) < 4.78 is 10.4. The molecule has 2 aromatic rings. The summed E-state index contributed by atoms with van der Waals surface area (Å²) in [6, 6.07) is 11.7. The van der Waals surface area contributed by atoms with Gasteiger partial charge in [0.2, 0.25) is 5.91 Å². The van der Waals surface area contributed by atoms with E-state index in [1.807, 2.05) is 0 Å². The van der Waals surface area contributed by atoms with Crippen molar-refractivity contribution in [2.75, 3.05) is 24.9 Å². The van der Waals surface area contributed by atoms with Crippen molar-refractivity contribution in [3.8, 4) is 11.5 Å². The number of methoxy groups -OCH3 is 2.